The average Bonchev–Trinajstić information content (AvgIpc) is 2.82. The summed E-state index contributed by atoms with van der Waals surface area (Å²) in [5.41, 5.74) is -0.829. The number of carboxylic acids is 1. The third-order valence-corrected chi connectivity index (χ3v) is 3.58. The Hall–Kier alpha value is -2.25. The van der Waals surface area contributed by atoms with Crippen LogP contribution in [0.15, 0.2) is 6.07 Å². The standard InChI is InChI=1S/C13H12F3NO4/c1-5-3-17(4-7(5)13(20)21)12(19)6-2-8(14)10(16)11(18)9(6)15/h2,5,7,18H,3-4H2,1H3,(H,20,21). The highest BCUT2D eigenvalue weighted by molar-refractivity contribution is 5.95. The van der Waals surface area contributed by atoms with Gasteiger partial charge in [0.05, 0.1) is 11.5 Å². The molecule has 0 saturated carbocycles. The van der Waals surface area contributed by atoms with Crippen molar-refractivity contribution in [2.75, 3.05) is 13.1 Å². The molecule has 0 aromatic heterocycles. The molecule has 1 amide bonds. The second-order valence-corrected chi connectivity index (χ2v) is 5.01. The number of carboxylic acid groups (broad SMARTS) is 1. The first-order valence-corrected chi connectivity index (χ1v) is 6.12. The van der Waals surface area contributed by atoms with E-state index in [1.807, 2.05) is 0 Å². The summed E-state index contributed by atoms with van der Waals surface area (Å²) in [4.78, 5) is 24.1. The van der Waals surface area contributed by atoms with E-state index in [9.17, 15) is 22.8 Å². The number of aromatic hydroxyl groups is 1. The maximum atomic E-state index is 13.7. The van der Waals surface area contributed by atoms with Gasteiger partial charge in [-0.1, -0.05) is 6.92 Å². The lowest BCUT2D eigenvalue weighted by atomic mass is 9.99. The van der Waals surface area contributed by atoms with Crippen molar-refractivity contribution in [3.05, 3.63) is 29.1 Å². The summed E-state index contributed by atoms with van der Waals surface area (Å²) in [6.07, 6.45) is 0. The van der Waals surface area contributed by atoms with E-state index in [-0.39, 0.29) is 19.0 Å². The van der Waals surface area contributed by atoms with E-state index in [1.165, 1.54) is 0 Å². The molecule has 0 spiro atoms. The number of hydrogen-bond acceptors (Lipinski definition) is 3. The zero-order valence-electron chi connectivity index (χ0n) is 10.9. The molecule has 1 heterocycles. The predicted molar refractivity (Wildman–Crippen MR) is 64.2 cm³/mol. The molecule has 1 fully saturated rings. The van der Waals surface area contributed by atoms with Crippen LogP contribution in [-0.4, -0.2) is 40.1 Å². The van der Waals surface area contributed by atoms with E-state index in [0.29, 0.717) is 6.07 Å². The number of aliphatic carboxylic acids is 1. The minimum absolute atomic E-state index is 0.0506. The normalized spacial score (nSPS) is 21.6. The van der Waals surface area contributed by atoms with Gasteiger partial charge in [0.2, 0.25) is 5.82 Å². The first kappa shape index (κ1) is 15.1. The second kappa shape index (κ2) is 5.27. The van der Waals surface area contributed by atoms with Gasteiger partial charge in [-0.05, 0) is 12.0 Å². The summed E-state index contributed by atoms with van der Waals surface area (Å²) in [7, 11) is 0. The lowest BCUT2D eigenvalue weighted by molar-refractivity contribution is -0.142. The highest BCUT2D eigenvalue weighted by Crippen LogP contribution is 2.29. The quantitative estimate of drug-likeness (QED) is 0.814. The maximum Gasteiger partial charge on any atom is 0.308 e. The fourth-order valence-corrected chi connectivity index (χ4v) is 2.37. The average molecular weight is 303 g/mol. The third-order valence-electron chi connectivity index (χ3n) is 3.58. The molecule has 21 heavy (non-hydrogen) atoms. The van der Waals surface area contributed by atoms with Gasteiger partial charge in [0.1, 0.15) is 0 Å². The zero-order chi connectivity index (χ0) is 15.9. The molecule has 2 unspecified atom stereocenters. The summed E-state index contributed by atoms with van der Waals surface area (Å²) in [6.45, 7) is 1.51. The van der Waals surface area contributed by atoms with Crippen LogP contribution >= 0.6 is 0 Å². The van der Waals surface area contributed by atoms with Crippen LogP contribution in [0, 0.1) is 29.3 Å². The number of benzene rings is 1. The van der Waals surface area contributed by atoms with Crippen molar-refractivity contribution >= 4 is 11.9 Å². The van der Waals surface area contributed by atoms with Crippen LogP contribution in [-0.2, 0) is 4.79 Å². The summed E-state index contributed by atoms with van der Waals surface area (Å²) in [5.74, 6) is -9.71. The minimum Gasteiger partial charge on any atom is -0.503 e. The molecule has 1 aromatic carbocycles. The van der Waals surface area contributed by atoms with Gasteiger partial charge in [-0.25, -0.2) is 8.78 Å². The van der Waals surface area contributed by atoms with Crippen molar-refractivity contribution in [2.45, 2.75) is 6.92 Å². The maximum absolute atomic E-state index is 13.7. The Balaban J connectivity index is 2.32. The first-order valence-electron chi connectivity index (χ1n) is 6.12. The number of carbonyl (C=O) groups is 2. The number of phenolic OH excluding ortho intramolecular Hbond substituents is 1. The van der Waals surface area contributed by atoms with E-state index < -0.39 is 46.6 Å². The smallest absolute Gasteiger partial charge is 0.308 e. The van der Waals surface area contributed by atoms with Gasteiger partial charge in [0.25, 0.3) is 5.91 Å². The SMILES string of the molecule is CC1CN(C(=O)c2cc(F)c(F)c(O)c2F)CC1C(=O)O. The fraction of sp³-hybridized carbons (Fsp3) is 0.385. The number of carbonyl (C=O) groups excluding carboxylic acids is 1. The molecule has 2 N–H and O–H groups in total. The van der Waals surface area contributed by atoms with Crippen molar-refractivity contribution in [1.29, 1.82) is 0 Å². The number of halogens is 3. The van der Waals surface area contributed by atoms with Crippen molar-refractivity contribution < 1.29 is 33.0 Å². The van der Waals surface area contributed by atoms with Crippen LogP contribution in [0.4, 0.5) is 13.2 Å². The Bertz CT molecular complexity index is 620. The monoisotopic (exact) mass is 303 g/mol. The molecule has 2 atom stereocenters. The molecule has 1 saturated heterocycles. The molecule has 0 radical (unpaired) electrons. The van der Waals surface area contributed by atoms with Crippen molar-refractivity contribution in [2.24, 2.45) is 11.8 Å². The molecule has 0 bridgehead atoms. The molecule has 2 rings (SSSR count). The molecule has 1 aliphatic heterocycles. The number of hydrogen-bond donors (Lipinski definition) is 2. The highest BCUT2D eigenvalue weighted by atomic mass is 19.2. The van der Waals surface area contributed by atoms with E-state index >= 15 is 0 Å². The molecule has 1 aliphatic rings. The number of likely N-dealkylation sites (tertiary alicyclic amines) is 1. The predicted octanol–water partition coefficient (Wildman–Crippen LogP) is 1.60. The molecule has 1 aromatic rings. The Morgan fingerprint density at radius 1 is 1.24 bits per heavy atom. The number of amides is 1. The molecule has 8 heteroatoms. The number of phenols is 1. The van der Waals surface area contributed by atoms with Gasteiger partial charge in [-0.15, -0.1) is 0 Å². The van der Waals surface area contributed by atoms with Gasteiger partial charge in [0.15, 0.2) is 17.4 Å². The van der Waals surface area contributed by atoms with Gasteiger partial charge in [-0.2, -0.15) is 4.39 Å². The van der Waals surface area contributed by atoms with Crippen LogP contribution in [0.3, 0.4) is 0 Å². The lowest BCUT2D eigenvalue weighted by Crippen LogP contribution is -2.30. The summed E-state index contributed by atoms with van der Waals surface area (Å²) < 4.78 is 39.8. The topological polar surface area (TPSA) is 77.8 Å². The number of rotatable bonds is 2. The summed E-state index contributed by atoms with van der Waals surface area (Å²) in [6, 6.07) is 0.353. The van der Waals surface area contributed by atoms with Crippen LogP contribution in [0.2, 0.25) is 0 Å². The second-order valence-electron chi connectivity index (χ2n) is 5.01. The van der Waals surface area contributed by atoms with E-state index in [0.717, 1.165) is 4.90 Å². The zero-order valence-corrected chi connectivity index (χ0v) is 10.9. The van der Waals surface area contributed by atoms with Crippen molar-refractivity contribution in [3.63, 3.8) is 0 Å². The van der Waals surface area contributed by atoms with Crippen molar-refractivity contribution in [1.82, 2.24) is 4.90 Å². The summed E-state index contributed by atoms with van der Waals surface area (Å²) >= 11 is 0. The number of nitrogens with zero attached hydrogens (tertiary/aromatic N) is 1. The van der Waals surface area contributed by atoms with Gasteiger partial charge >= 0.3 is 5.97 Å². The van der Waals surface area contributed by atoms with Crippen molar-refractivity contribution in [3.8, 4) is 5.75 Å². The summed E-state index contributed by atoms with van der Waals surface area (Å²) in [5, 5.41) is 18.1. The fourth-order valence-electron chi connectivity index (χ4n) is 2.37. The highest BCUT2D eigenvalue weighted by Gasteiger charge is 2.38. The Kier molecular flexibility index (Phi) is 3.80. The molecule has 5 nitrogen and oxygen atoms in total. The Labute approximate surface area is 117 Å². The van der Waals surface area contributed by atoms with Gasteiger partial charge in [0, 0.05) is 13.1 Å². The van der Waals surface area contributed by atoms with Crippen LogP contribution in [0.25, 0.3) is 0 Å². The van der Waals surface area contributed by atoms with Gasteiger partial charge < -0.3 is 15.1 Å². The molecule has 114 valence electrons. The third kappa shape index (κ3) is 2.53. The van der Waals surface area contributed by atoms with Crippen LogP contribution in [0.5, 0.6) is 5.75 Å². The minimum atomic E-state index is -1.78. The molecular formula is C13H12F3NO4. The van der Waals surface area contributed by atoms with E-state index in [4.69, 9.17) is 10.2 Å². The Morgan fingerprint density at radius 2 is 1.86 bits per heavy atom. The van der Waals surface area contributed by atoms with Gasteiger partial charge in [-0.3, -0.25) is 9.59 Å². The Morgan fingerprint density at radius 3 is 2.38 bits per heavy atom. The first-order chi connectivity index (χ1) is 9.73. The molecular weight excluding hydrogens is 291 g/mol. The molecule has 0 aliphatic carbocycles. The van der Waals surface area contributed by atoms with E-state index in [1.54, 1.807) is 6.92 Å². The largest absolute Gasteiger partial charge is 0.503 e. The van der Waals surface area contributed by atoms with E-state index in [2.05, 4.69) is 0 Å². The van der Waals surface area contributed by atoms with Crippen LogP contribution < -0.4 is 0 Å². The van der Waals surface area contributed by atoms with Crippen LogP contribution in [0.1, 0.15) is 17.3 Å². The lowest BCUT2D eigenvalue weighted by Gasteiger charge is -2.17.